The highest BCUT2D eigenvalue weighted by Gasteiger charge is 2.37. The second kappa shape index (κ2) is 4.87. The van der Waals surface area contributed by atoms with Crippen LogP contribution in [0.15, 0.2) is 6.20 Å². The molecule has 19 heavy (non-hydrogen) atoms. The van der Waals surface area contributed by atoms with Gasteiger partial charge in [0, 0.05) is 18.4 Å². The Morgan fingerprint density at radius 3 is 2.74 bits per heavy atom. The molecule has 1 aliphatic heterocycles. The van der Waals surface area contributed by atoms with Crippen molar-refractivity contribution in [2.45, 2.75) is 52.7 Å². The maximum absolute atomic E-state index is 12.3. The summed E-state index contributed by atoms with van der Waals surface area (Å²) in [6.07, 6.45) is 2.47. The molecule has 0 aliphatic carbocycles. The summed E-state index contributed by atoms with van der Waals surface area (Å²) in [7, 11) is 0. The van der Waals surface area contributed by atoms with Crippen LogP contribution in [0.25, 0.3) is 0 Å². The van der Waals surface area contributed by atoms with Crippen LogP contribution < -0.4 is 0 Å². The number of imidazole rings is 1. The predicted octanol–water partition coefficient (Wildman–Crippen LogP) is 3.04. The summed E-state index contributed by atoms with van der Waals surface area (Å²) in [6.45, 7) is 10.5. The number of hydrogen-bond donors (Lipinski definition) is 1. The van der Waals surface area contributed by atoms with E-state index in [1.54, 1.807) is 11.1 Å². The monoisotopic (exact) mass is 265 g/mol. The number of aryl methyl sites for hydroxylation is 1. The standard InChI is InChI=1S/C14H23N3O2/c1-9-6-11(12-15-7-10(2)16-12)17(8-9)13(18)19-14(3,4)5/h7,9,11H,6,8H2,1-5H3,(H,15,16). The summed E-state index contributed by atoms with van der Waals surface area (Å²) in [5.74, 6) is 1.32. The molecule has 0 spiro atoms. The number of likely N-dealkylation sites (tertiary alicyclic amines) is 1. The lowest BCUT2D eigenvalue weighted by Gasteiger charge is -2.27. The molecule has 2 rings (SSSR count). The molecule has 5 nitrogen and oxygen atoms in total. The van der Waals surface area contributed by atoms with E-state index < -0.39 is 5.60 Å². The minimum Gasteiger partial charge on any atom is -0.444 e. The lowest BCUT2D eigenvalue weighted by Crippen LogP contribution is -2.37. The van der Waals surface area contributed by atoms with Crippen LogP contribution in [0.5, 0.6) is 0 Å². The maximum atomic E-state index is 12.3. The van der Waals surface area contributed by atoms with E-state index in [4.69, 9.17) is 4.74 Å². The Balaban J connectivity index is 2.16. The topological polar surface area (TPSA) is 58.2 Å². The summed E-state index contributed by atoms with van der Waals surface area (Å²) >= 11 is 0. The third-order valence-electron chi connectivity index (χ3n) is 3.18. The van der Waals surface area contributed by atoms with Gasteiger partial charge in [-0.25, -0.2) is 9.78 Å². The van der Waals surface area contributed by atoms with Crippen molar-refractivity contribution in [2.75, 3.05) is 6.54 Å². The molecule has 5 heteroatoms. The predicted molar refractivity (Wildman–Crippen MR) is 72.8 cm³/mol. The number of aromatic nitrogens is 2. The average molecular weight is 265 g/mol. The van der Waals surface area contributed by atoms with E-state index in [1.165, 1.54) is 0 Å². The number of H-pyrrole nitrogens is 1. The second-order valence-corrected chi connectivity index (χ2v) is 6.44. The number of carbonyl (C=O) groups is 1. The van der Waals surface area contributed by atoms with Crippen LogP contribution in [0.1, 0.15) is 51.7 Å². The second-order valence-electron chi connectivity index (χ2n) is 6.44. The minimum atomic E-state index is -0.466. The Bertz CT molecular complexity index is 462. The molecular formula is C14H23N3O2. The number of nitrogens with zero attached hydrogens (tertiary/aromatic N) is 2. The van der Waals surface area contributed by atoms with Gasteiger partial charge in [0.1, 0.15) is 11.4 Å². The molecule has 1 aromatic rings. The number of carbonyl (C=O) groups excluding carboxylic acids is 1. The first-order valence-corrected chi connectivity index (χ1v) is 6.77. The maximum Gasteiger partial charge on any atom is 0.410 e. The SMILES string of the molecule is Cc1cnc(C2CC(C)CN2C(=O)OC(C)(C)C)[nH]1. The molecule has 106 valence electrons. The van der Waals surface area contributed by atoms with Gasteiger partial charge in [0.15, 0.2) is 0 Å². The molecule has 0 aromatic carbocycles. The fourth-order valence-corrected chi connectivity index (χ4v) is 2.43. The molecule has 2 atom stereocenters. The number of amides is 1. The molecule has 1 aliphatic rings. The smallest absolute Gasteiger partial charge is 0.410 e. The van der Waals surface area contributed by atoms with Crippen molar-refractivity contribution < 1.29 is 9.53 Å². The molecule has 0 radical (unpaired) electrons. The van der Waals surface area contributed by atoms with Crippen molar-refractivity contribution in [3.8, 4) is 0 Å². The normalized spacial score (nSPS) is 23.7. The molecule has 1 N–H and O–H groups in total. The average Bonchev–Trinajstić information content (AvgIpc) is 2.81. The molecule has 1 amide bonds. The van der Waals surface area contributed by atoms with Crippen LogP contribution in [-0.2, 0) is 4.74 Å². The first-order chi connectivity index (χ1) is 8.76. The summed E-state index contributed by atoms with van der Waals surface area (Å²) in [5.41, 5.74) is 0.547. The van der Waals surface area contributed by atoms with Crippen LogP contribution in [0, 0.1) is 12.8 Å². The molecular weight excluding hydrogens is 242 g/mol. The van der Waals surface area contributed by atoms with Crippen molar-refractivity contribution in [3.63, 3.8) is 0 Å². The van der Waals surface area contributed by atoms with Gasteiger partial charge in [0.25, 0.3) is 0 Å². The molecule has 1 fully saturated rings. The number of hydrogen-bond acceptors (Lipinski definition) is 3. The zero-order chi connectivity index (χ0) is 14.2. The van der Waals surface area contributed by atoms with Gasteiger partial charge >= 0.3 is 6.09 Å². The van der Waals surface area contributed by atoms with Crippen LogP contribution in [0.2, 0.25) is 0 Å². The van der Waals surface area contributed by atoms with E-state index in [2.05, 4.69) is 16.9 Å². The molecule has 1 saturated heterocycles. The van der Waals surface area contributed by atoms with Crippen LogP contribution in [-0.4, -0.2) is 33.1 Å². The lowest BCUT2D eigenvalue weighted by atomic mass is 10.1. The summed E-state index contributed by atoms with van der Waals surface area (Å²) in [6, 6.07) is -0.00134. The Morgan fingerprint density at radius 1 is 1.53 bits per heavy atom. The van der Waals surface area contributed by atoms with Gasteiger partial charge in [-0.05, 0) is 40.0 Å². The third kappa shape index (κ3) is 3.28. The largest absolute Gasteiger partial charge is 0.444 e. The highest BCUT2D eigenvalue weighted by Crippen LogP contribution is 2.34. The number of aromatic amines is 1. The first kappa shape index (κ1) is 13.9. The fourth-order valence-electron chi connectivity index (χ4n) is 2.43. The van der Waals surface area contributed by atoms with Crippen LogP contribution in [0.3, 0.4) is 0 Å². The Labute approximate surface area is 114 Å². The van der Waals surface area contributed by atoms with E-state index in [9.17, 15) is 4.79 Å². The van der Waals surface area contributed by atoms with Crippen molar-refractivity contribution in [3.05, 3.63) is 17.7 Å². The summed E-state index contributed by atoms with van der Waals surface area (Å²) in [5, 5.41) is 0. The highest BCUT2D eigenvalue weighted by molar-refractivity contribution is 5.69. The van der Waals surface area contributed by atoms with E-state index in [-0.39, 0.29) is 12.1 Å². The first-order valence-electron chi connectivity index (χ1n) is 6.77. The quantitative estimate of drug-likeness (QED) is 0.849. The van der Waals surface area contributed by atoms with Gasteiger partial charge in [-0.2, -0.15) is 0 Å². The molecule has 0 saturated carbocycles. The molecule has 0 bridgehead atoms. The minimum absolute atomic E-state index is 0.00134. The van der Waals surface area contributed by atoms with Gasteiger partial charge < -0.3 is 9.72 Å². The molecule has 2 unspecified atom stereocenters. The van der Waals surface area contributed by atoms with Crippen molar-refractivity contribution in [1.29, 1.82) is 0 Å². The zero-order valence-corrected chi connectivity index (χ0v) is 12.4. The van der Waals surface area contributed by atoms with Crippen molar-refractivity contribution in [2.24, 2.45) is 5.92 Å². The van der Waals surface area contributed by atoms with Gasteiger partial charge in [0.05, 0.1) is 6.04 Å². The van der Waals surface area contributed by atoms with Gasteiger partial charge in [0.2, 0.25) is 0 Å². The van der Waals surface area contributed by atoms with Crippen LogP contribution >= 0.6 is 0 Å². The van der Waals surface area contributed by atoms with E-state index in [1.807, 2.05) is 27.7 Å². The molecule has 2 heterocycles. The fraction of sp³-hybridized carbons (Fsp3) is 0.714. The lowest BCUT2D eigenvalue weighted by molar-refractivity contribution is 0.0214. The Kier molecular flexibility index (Phi) is 3.56. The number of rotatable bonds is 1. The van der Waals surface area contributed by atoms with Gasteiger partial charge in [-0.1, -0.05) is 6.92 Å². The van der Waals surface area contributed by atoms with Crippen molar-refractivity contribution >= 4 is 6.09 Å². The van der Waals surface area contributed by atoms with Gasteiger partial charge in [-0.3, -0.25) is 4.90 Å². The van der Waals surface area contributed by atoms with Gasteiger partial charge in [-0.15, -0.1) is 0 Å². The summed E-state index contributed by atoms with van der Waals surface area (Å²) < 4.78 is 5.47. The third-order valence-corrected chi connectivity index (χ3v) is 3.18. The molecule has 1 aromatic heterocycles. The number of nitrogens with one attached hydrogen (secondary N) is 1. The van der Waals surface area contributed by atoms with E-state index >= 15 is 0 Å². The van der Waals surface area contributed by atoms with Crippen molar-refractivity contribution in [1.82, 2.24) is 14.9 Å². The van der Waals surface area contributed by atoms with E-state index in [0.717, 1.165) is 24.5 Å². The van der Waals surface area contributed by atoms with Crippen LogP contribution in [0.4, 0.5) is 4.79 Å². The summed E-state index contributed by atoms with van der Waals surface area (Å²) in [4.78, 5) is 21.6. The highest BCUT2D eigenvalue weighted by atomic mass is 16.6. The van der Waals surface area contributed by atoms with E-state index in [0.29, 0.717) is 5.92 Å². The zero-order valence-electron chi connectivity index (χ0n) is 12.4. The Morgan fingerprint density at radius 2 is 2.21 bits per heavy atom. The number of ether oxygens (including phenoxy) is 1. The Hall–Kier alpha value is -1.52.